The number of hydrogen-bond acceptors (Lipinski definition) is 6. The minimum Gasteiger partial charge on any atom is -0.377 e. The molecule has 0 bridgehead atoms. The van der Waals surface area contributed by atoms with Gasteiger partial charge >= 0.3 is 0 Å². The molecule has 112 valence electrons. The fraction of sp³-hybridized carbons (Fsp3) is 0.429. The summed E-state index contributed by atoms with van der Waals surface area (Å²) >= 11 is 0. The highest BCUT2D eigenvalue weighted by Gasteiger charge is 2.22. The number of halogens is 1. The maximum absolute atomic E-state index is 13.4. The third kappa shape index (κ3) is 2.82. The number of nitrogens with zero attached hydrogens (tertiary/aromatic N) is 4. The summed E-state index contributed by atoms with van der Waals surface area (Å²) in [5.74, 6) is 0.824. The summed E-state index contributed by atoms with van der Waals surface area (Å²) in [6.07, 6.45) is 0. The van der Waals surface area contributed by atoms with Crippen LogP contribution in [0.5, 0.6) is 0 Å². The van der Waals surface area contributed by atoms with Crippen LogP contribution in [0.2, 0.25) is 0 Å². The van der Waals surface area contributed by atoms with Crippen molar-refractivity contribution in [3.05, 3.63) is 35.7 Å². The number of fused-ring (bicyclic) bond motifs is 1. The van der Waals surface area contributed by atoms with Crippen molar-refractivity contribution in [2.24, 2.45) is 0 Å². The van der Waals surface area contributed by atoms with Crippen molar-refractivity contribution in [2.75, 3.05) is 37.0 Å². The molecule has 0 saturated heterocycles. The lowest BCUT2D eigenvalue weighted by Gasteiger charge is -2.36. The fourth-order valence-electron chi connectivity index (χ4n) is 2.45. The molecule has 0 spiro atoms. The SMILES string of the molecule is COCc1noc(CN2CCN(C)c3cc(F)ccc32)n1. The van der Waals surface area contributed by atoms with Crippen LogP contribution in [0.15, 0.2) is 22.7 Å². The van der Waals surface area contributed by atoms with Gasteiger partial charge < -0.3 is 19.1 Å². The lowest BCUT2D eigenvalue weighted by Crippen LogP contribution is -2.38. The van der Waals surface area contributed by atoms with Crippen LogP contribution < -0.4 is 9.80 Å². The van der Waals surface area contributed by atoms with E-state index in [2.05, 4.69) is 15.0 Å². The quantitative estimate of drug-likeness (QED) is 0.856. The Bertz CT molecular complexity index is 631. The zero-order valence-electron chi connectivity index (χ0n) is 12.0. The lowest BCUT2D eigenvalue weighted by atomic mass is 10.1. The van der Waals surface area contributed by atoms with Gasteiger partial charge in [-0.25, -0.2) is 4.39 Å². The average molecular weight is 292 g/mol. The van der Waals surface area contributed by atoms with E-state index in [0.29, 0.717) is 24.9 Å². The molecule has 0 aliphatic carbocycles. The van der Waals surface area contributed by atoms with E-state index in [9.17, 15) is 4.39 Å². The Kier molecular flexibility index (Phi) is 3.74. The molecule has 1 aliphatic rings. The first-order valence-corrected chi connectivity index (χ1v) is 6.73. The Morgan fingerprint density at radius 3 is 3.00 bits per heavy atom. The number of likely N-dealkylation sites (N-methyl/N-ethyl adjacent to an activating group) is 1. The first-order chi connectivity index (χ1) is 10.2. The van der Waals surface area contributed by atoms with E-state index >= 15 is 0 Å². The summed E-state index contributed by atoms with van der Waals surface area (Å²) in [6.45, 7) is 2.46. The molecular weight excluding hydrogens is 275 g/mol. The summed E-state index contributed by atoms with van der Waals surface area (Å²) in [5, 5.41) is 3.85. The predicted octanol–water partition coefficient (Wildman–Crippen LogP) is 1.81. The van der Waals surface area contributed by atoms with Crippen molar-refractivity contribution in [3.8, 4) is 0 Å². The second-order valence-electron chi connectivity index (χ2n) is 5.01. The summed E-state index contributed by atoms with van der Waals surface area (Å²) in [4.78, 5) is 8.42. The van der Waals surface area contributed by atoms with Crippen molar-refractivity contribution >= 4 is 11.4 Å². The number of rotatable bonds is 4. The van der Waals surface area contributed by atoms with E-state index in [-0.39, 0.29) is 5.82 Å². The molecule has 6 nitrogen and oxygen atoms in total. The van der Waals surface area contributed by atoms with E-state index < -0.39 is 0 Å². The van der Waals surface area contributed by atoms with E-state index in [1.54, 1.807) is 19.2 Å². The van der Waals surface area contributed by atoms with Gasteiger partial charge in [-0.1, -0.05) is 5.16 Å². The molecule has 7 heteroatoms. The number of ether oxygens (including phenoxy) is 1. The minimum atomic E-state index is -0.234. The normalized spacial score (nSPS) is 14.4. The molecule has 1 aromatic carbocycles. The molecule has 0 atom stereocenters. The van der Waals surface area contributed by atoms with Crippen LogP contribution in [0.1, 0.15) is 11.7 Å². The van der Waals surface area contributed by atoms with Crippen LogP contribution in [0.3, 0.4) is 0 Å². The molecule has 0 saturated carbocycles. The smallest absolute Gasteiger partial charge is 0.246 e. The molecule has 0 radical (unpaired) electrons. The van der Waals surface area contributed by atoms with Crippen LogP contribution in [0.4, 0.5) is 15.8 Å². The van der Waals surface area contributed by atoms with Gasteiger partial charge in [-0.2, -0.15) is 4.98 Å². The molecule has 2 heterocycles. The monoisotopic (exact) mass is 292 g/mol. The molecule has 1 aliphatic heterocycles. The molecule has 1 aromatic heterocycles. The summed E-state index contributed by atoms with van der Waals surface area (Å²) in [7, 11) is 3.54. The van der Waals surface area contributed by atoms with E-state index in [4.69, 9.17) is 9.26 Å². The summed E-state index contributed by atoms with van der Waals surface area (Å²) < 4.78 is 23.6. The van der Waals surface area contributed by atoms with Gasteiger partial charge in [0.05, 0.1) is 17.9 Å². The largest absolute Gasteiger partial charge is 0.377 e. The number of aromatic nitrogens is 2. The van der Waals surface area contributed by atoms with Crippen molar-refractivity contribution in [2.45, 2.75) is 13.2 Å². The van der Waals surface area contributed by atoms with Gasteiger partial charge in [0.25, 0.3) is 0 Å². The molecule has 0 fully saturated rings. The van der Waals surface area contributed by atoms with Gasteiger partial charge in [0, 0.05) is 27.2 Å². The summed E-state index contributed by atoms with van der Waals surface area (Å²) in [6, 6.07) is 4.80. The van der Waals surface area contributed by atoms with Crippen LogP contribution in [0, 0.1) is 5.82 Å². The highest BCUT2D eigenvalue weighted by molar-refractivity contribution is 5.73. The third-order valence-corrected chi connectivity index (χ3v) is 3.50. The second-order valence-corrected chi connectivity index (χ2v) is 5.01. The van der Waals surface area contributed by atoms with E-state index in [1.807, 2.05) is 11.9 Å². The minimum absolute atomic E-state index is 0.234. The zero-order valence-corrected chi connectivity index (χ0v) is 12.0. The van der Waals surface area contributed by atoms with Crippen LogP contribution in [-0.4, -0.2) is 37.4 Å². The zero-order chi connectivity index (χ0) is 14.8. The van der Waals surface area contributed by atoms with Gasteiger partial charge in [0.15, 0.2) is 5.82 Å². The first kappa shape index (κ1) is 13.8. The molecule has 0 unspecified atom stereocenters. The van der Waals surface area contributed by atoms with Gasteiger partial charge in [-0.15, -0.1) is 0 Å². The Labute approximate surface area is 122 Å². The van der Waals surface area contributed by atoms with Crippen molar-refractivity contribution < 1.29 is 13.7 Å². The van der Waals surface area contributed by atoms with Crippen LogP contribution in [-0.2, 0) is 17.9 Å². The third-order valence-electron chi connectivity index (χ3n) is 3.50. The number of benzene rings is 1. The Morgan fingerprint density at radius 2 is 2.19 bits per heavy atom. The van der Waals surface area contributed by atoms with Crippen molar-refractivity contribution in [3.63, 3.8) is 0 Å². The highest BCUT2D eigenvalue weighted by atomic mass is 19.1. The Morgan fingerprint density at radius 1 is 1.33 bits per heavy atom. The molecule has 0 N–H and O–H groups in total. The molecule has 0 amide bonds. The predicted molar refractivity (Wildman–Crippen MR) is 75.7 cm³/mol. The van der Waals surface area contributed by atoms with Gasteiger partial charge in [-0.3, -0.25) is 0 Å². The van der Waals surface area contributed by atoms with Gasteiger partial charge in [0.1, 0.15) is 12.4 Å². The average Bonchev–Trinajstić information content (AvgIpc) is 2.90. The maximum Gasteiger partial charge on any atom is 0.246 e. The molecular formula is C14H17FN4O2. The van der Waals surface area contributed by atoms with Crippen molar-refractivity contribution in [1.29, 1.82) is 0 Å². The Hall–Kier alpha value is -2.15. The molecule has 2 aromatic rings. The fourth-order valence-corrected chi connectivity index (χ4v) is 2.45. The summed E-state index contributed by atoms with van der Waals surface area (Å²) in [5.41, 5.74) is 1.84. The standard InChI is InChI=1S/C14H17FN4O2/c1-18-5-6-19(11-4-3-10(15)7-12(11)18)8-14-16-13(9-20-2)17-21-14/h3-4,7H,5-6,8-9H2,1-2H3. The highest BCUT2D eigenvalue weighted by Crippen LogP contribution is 2.33. The molecule has 21 heavy (non-hydrogen) atoms. The van der Waals surface area contributed by atoms with E-state index in [0.717, 1.165) is 24.5 Å². The number of hydrogen-bond donors (Lipinski definition) is 0. The van der Waals surface area contributed by atoms with Crippen molar-refractivity contribution in [1.82, 2.24) is 10.1 Å². The maximum atomic E-state index is 13.4. The topological polar surface area (TPSA) is 54.6 Å². The Balaban J connectivity index is 1.82. The number of anilines is 2. The lowest BCUT2D eigenvalue weighted by molar-refractivity contribution is 0.174. The van der Waals surface area contributed by atoms with E-state index in [1.165, 1.54) is 6.07 Å². The number of methoxy groups -OCH3 is 1. The van der Waals surface area contributed by atoms with Crippen LogP contribution >= 0.6 is 0 Å². The first-order valence-electron chi connectivity index (χ1n) is 6.73. The molecule has 3 rings (SSSR count). The van der Waals surface area contributed by atoms with Gasteiger partial charge in [-0.05, 0) is 18.2 Å². The van der Waals surface area contributed by atoms with Gasteiger partial charge in [0.2, 0.25) is 5.89 Å². The van der Waals surface area contributed by atoms with Crippen LogP contribution in [0.25, 0.3) is 0 Å². The second kappa shape index (κ2) is 5.69.